The minimum atomic E-state index is 0.124. The predicted molar refractivity (Wildman–Crippen MR) is 69.6 cm³/mol. The van der Waals surface area contributed by atoms with E-state index in [0.29, 0.717) is 6.54 Å². The molecule has 16 heavy (non-hydrogen) atoms. The van der Waals surface area contributed by atoms with Crippen LogP contribution in [0.2, 0.25) is 0 Å². The smallest absolute Gasteiger partial charge is 0.254 e. The number of nitrogens with zero attached hydrogens (tertiary/aromatic N) is 1. The lowest BCUT2D eigenvalue weighted by molar-refractivity contribution is -0.114. The number of amides is 1. The molecule has 0 spiro atoms. The quantitative estimate of drug-likeness (QED) is 0.771. The van der Waals surface area contributed by atoms with E-state index in [2.05, 4.69) is 15.9 Å². The minimum Gasteiger partial charge on any atom is -0.304 e. The largest absolute Gasteiger partial charge is 0.304 e. The Kier molecular flexibility index (Phi) is 2.89. The van der Waals surface area contributed by atoms with Crippen molar-refractivity contribution >= 4 is 27.5 Å². The molecular formula is C13H14BrNO. The second-order valence-corrected chi connectivity index (χ2v) is 5.03. The predicted octanol–water partition coefficient (Wildman–Crippen LogP) is 3.44. The van der Waals surface area contributed by atoms with Gasteiger partial charge in [0, 0.05) is 22.3 Å². The summed E-state index contributed by atoms with van der Waals surface area (Å²) in [5.41, 5.74) is 4.14. The standard InChI is InChI=1S/C13H14BrNO/c1-8-7-15(13(16)9(8)2)12-6-4-5-11(14)10(12)3/h4-6H,7H2,1-3H3. The van der Waals surface area contributed by atoms with Gasteiger partial charge in [-0.2, -0.15) is 0 Å². The van der Waals surface area contributed by atoms with Crippen LogP contribution in [0.3, 0.4) is 0 Å². The Balaban J connectivity index is 2.42. The van der Waals surface area contributed by atoms with E-state index in [1.54, 1.807) is 0 Å². The fourth-order valence-electron chi connectivity index (χ4n) is 1.90. The summed E-state index contributed by atoms with van der Waals surface area (Å²) in [5.74, 6) is 0.124. The van der Waals surface area contributed by atoms with Crippen LogP contribution >= 0.6 is 15.9 Å². The van der Waals surface area contributed by atoms with Gasteiger partial charge in [-0.05, 0) is 44.0 Å². The second-order valence-electron chi connectivity index (χ2n) is 4.18. The van der Waals surface area contributed by atoms with Gasteiger partial charge in [0.1, 0.15) is 0 Å². The number of carbonyl (C=O) groups excluding carboxylic acids is 1. The fourth-order valence-corrected chi connectivity index (χ4v) is 2.25. The minimum absolute atomic E-state index is 0.124. The van der Waals surface area contributed by atoms with Crippen LogP contribution in [0.4, 0.5) is 5.69 Å². The monoisotopic (exact) mass is 279 g/mol. The maximum absolute atomic E-state index is 12.0. The molecular weight excluding hydrogens is 266 g/mol. The lowest BCUT2D eigenvalue weighted by atomic mass is 10.2. The van der Waals surface area contributed by atoms with Crippen molar-refractivity contribution in [3.8, 4) is 0 Å². The molecule has 0 bridgehead atoms. The summed E-state index contributed by atoms with van der Waals surface area (Å²) in [6, 6.07) is 5.94. The summed E-state index contributed by atoms with van der Waals surface area (Å²) in [6.45, 7) is 6.64. The molecule has 84 valence electrons. The van der Waals surface area contributed by atoms with Crippen LogP contribution in [0.5, 0.6) is 0 Å². The zero-order valence-electron chi connectivity index (χ0n) is 9.67. The molecule has 1 amide bonds. The summed E-state index contributed by atoms with van der Waals surface area (Å²) in [4.78, 5) is 13.9. The molecule has 3 heteroatoms. The average Bonchev–Trinajstić information content (AvgIpc) is 2.50. The summed E-state index contributed by atoms with van der Waals surface area (Å²) >= 11 is 3.49. The molecule has 0 N–H and O–H groups in total. The van der Waals surface area contributed by atoms with Crippen molar-refractivity contribution in [2.24, 2.45) is 0 Å². The second kappa shape index (κ2) is 4.06. The van der Waals surface area contributed by atoms with E-state index in [-0.39, 0.29) is 5.91 Å². The van der Waals surface area contributed by atoms with Crippen LogP contribution < -0.4 is 4.90 Å². The lowest BCUT2D eigenvalue weighted by Gasteiger charge is -2.19. The first-order valence-electron chi connectivity index (χ1n) is 5.25. The van der Waals surface area contributed by atoms with Gasteiger partial charge in [0.05, 0.1) is 0 Å². The van der Waals surface area contributed by atoms with Crippen LogP contribution in [-0.2, 0) is 4.79 Å². The van der Waals surface area contributed by atoms with Crippen LogP contribution in [-0.4, -0.2) is 12.5 Å². The number of hydrogen-bond donors (Lipinski definition) is 0. The first-order valence-corrected chi connectivity index (χ1v) is 6.05. The molecule has 2 rings (SSSR count). The lowest BCUT2D eigenvalue weighted by Crippen LogP contribution is -2.27. The highest BCUT2D eigenvalue weighted by Crippen LogP contribution is 2.31. The molecule has 0 aromatic heterocycles. The van der Waals surface area contributed by atoms with E-state index >= 15 is 0 Å². The van der Waals surface area contributed by atoms with Crippen molar-refractivity contribution < 1.29 is 4.79 Å². The van der Waals surface area contributed by atoms with E-state index in [1.165, 1.54) is 0 Å². The third-order valence-electron chi connectivity index (χ3n) is 3.13. The van der Waals surface area contributed by atoms with E-state index < -0.39 is 0 Å². The average molecular weight is 280 g/mol. The van der Waals surface area contributed by atoms with Gasteiger partial charge in [-0.25, -0.2) is 0 Å². The van der Waals surface area contributed by atoms with Crippen LogP contribution in [0.15, 0.2) is 33.8 Å². The number of hydrogen-bond acceptors (Lipinski definition) is 1. The Hall–Kier alpha value is -1.09. The number of benzene rings is 1. The molecule has 0 atom stereocenters. The van der Waals surface area contributed by atoms with Gasteiger partial charge < -0.3 is 4.90 Å². The molecule has 2 nitrogen and oxygen atoms in total. The van der Waals surface area contributed by atoms with Crippen LogP contribution in [0.1, 0.15) is 19.4 Å². The molecule has 1 aromatic carbocycles. The Labute approximate surface area is 104 Å². The third-order valence-corrected chi connectivity index (χ3v) is 3.99. The van der Waals surface area contributed by atoms with Gasteiger partial charge in [-0.15, -0.1) is 0 Å². The van der Waals surface area contributed by atoms with Gasteiger partial charge in [0.15, 0.2) is 0 Å². The number of carbonyl (C=O) groups is 1. The van der Waals surface area contributed by atoms with Gasteiger partial charge in [-0.1, -0.05) is 22.0 Å². The first kappa shape index (κ1) is 11.4. The summed E-state index contributed by atoms with van der Waals surface area (Å²) in [6.07, 6.45) is 0. The maximum Gasteiger partial charge on any atom is 0.254 e. The molecule has 0 aliphatic carbocycles. The highest BCUT2D eigenvalue weighted by molar-refractivity contribution is 9.10. The van der Waals surface area contributed by atoms with Crippen molar-refractivity contribution in [3.63, 3.8) is 0 Å². The van der Waals surface area contributed by atoms with Crippen molar-refractivity contribution in [1.82, 2.24) is 0 Å². The zero-order chi connectivity index (χ0) is 11.9. The molecule has 0 radical (unpaired) electrons. The summed E-state index contributed by atoms with van der Waals surface area (Å²) in [7, 11) is 0. The van der Waals surface area contributed by atoms with Gasteiger partial charge in [-0.3, -0.25) is 4.79 Å². The fraction of sp³-hybridized carbons (Fsp3) is 0.308. The van der Waals surface area contributed by atoms with E-state index in [4.69, 9.17) is 0 Å². The van der Waals surface area contributed by atoms with Gasteiger partial charge in [0.25, 0.3) is 5.91 Å². The topological polar surface area (TPSA) is 20.3 Å². The van der Waals surface area contributed by atoms with Gasteiger partial charge in [0.2, 0.25) is 0 Å². The SMILES string of the molecule is CC1=C(C)C(=O)N(c2cccc(Br)c2C)C1. The number of anilines is 1. The highest BCUT2D eigenvalue weighted by Gasteiger charge is 2.27. The molecule has 1 aromatic rings. The summed E-state index contributed by atoms with van der Waals surface area (Å²) < 4.78 is 1.04. The van der Waals surface area contributed by atoms with Crippen molar-refractivity contribution in [3.05, 3.63) is 39.4 Å². The zero-order valence-corrected chi connectivity index (χ0v) is 11.3. The van der Waals surface area contributed by atoms with Crippen LogP contribution in [0.25, 0.3) is 0 Å². The molecule has 0 saturated carbocycles. The Bertz CT molecular complexity index is 491. The van der Waals surface area contributed by atoms with Gasteiger partial charge >= 0.3 is 0 Å². The third kappa shape index (κ3) is 1.69. The van der Waals surface area contributed by atoms with Crippen molar-refractivity contribution in [2.75, 3.05) is 11.4 Å². The Morgan fingerprint density at radius 3 is 2.50 bits per heavy atom. The maximum atomic E-state index is 12.0. The number of halogens is 1. The Morgan fingerprint density at radius 2 is 1.94 bits per heavy atom. The first-order chi connectivity index (χ1) is 7.52. The molecule has 1 aliphatic heterocycles. The molecule has 1 heterocycles. The van der Waals surface area contributed by atoms with E-state index in [1.807, 2.05) is 43.9 Å². The molecule has 0 fully saturated rings. The van der Waals surface area contributed by atoms with Crippen LogP contribution in [0, 0.1) is 6.92 Å². The normalized spacial score (nSPS) is 16.2. The molecule has 0 saturated heterocycles. The van der Waals surface area contributed by atoms with Crippen molar-refractivity contribution in [2.45, 2.75) is 20.8 Å². The number of rotatable bonds is 1. The molecule has 1 aliphatic rings. The van der Waals surface area contributed by atoms with Crippen molar-refractivity contribution in [1.29, 1.82) is 0 Å². The highest BCUT2D eigenvalue weighted by atomic mass is 79.9. The van der Waals surface area contributed by atoms with E-state index in [0.717, 1.165) is 26.9 Å². The summed E-state index contributed by atoms with van der Waals surface area (Å²) in [5, 5.41) is 0. The van der Waals surface area contributed by atoms with E-state index in [9.17, 15) is 4.79 Å². The Morgan fingerprint density at radius 1 is 1.25 bits per heavy atom. The molecule has 0 unspecified atom stereocenters.